The van der Waals surface area contributed by atoms with Crippen LogP contribution in [0.15, 0.2) is 18.2 Å². The van der Waals surface area contributed by atoms with Crippen LogP contribution in [0.3, 0.4) is 0 Å². The first-order chi connectivity index (χ1) is 10.1. The quantitative estimate of drug-likeness (QED) is 0.801. The summed E-state index contributed by atoms with van der Waals surface area (Å²) in [7, 11) is 1.38. The highest BCUT2D eigenvalue weighted by molar-refractivity contribution is 5.80. The lowest BCUT2D eigenvalue weighted by atomic mass is 10.0. The summed E-state index contributed by atoms with van der Waals surface area (Å²) in [4.78, 5) is 12.0. The van der Waals surface area contributed by atoms with Gasteiger partial charge in [-0.1, -0.05) is 0 Å². The van der Waals surface area contributed by atoms with Crippen molar-refractivity contribution in [3.8, 4) is 17.2 Å². The third kappa shape index (κ3) is 3.05. The van der Waals surface area contributed by atoms with E-state index >= 15 is 0 Å². The Hall–Kier alpha value is -1.95. The number of benzene rings is 1. The number of fused-ring (bicyclic) bond motifs is 1. The van der Waals surface area contributed by atoms with E-state index in [1.54, 1.807) is 25.1 Å². The average molecular weight is 293 g/mol. The van der Waals surface area contributed by atoms with Gasteiger partial charge in [-0.2, -0.15) is 0 Å². The normalized spacial score (nSPS) is 19.0. The third-order valence-electron chi connectivity index (χ3n) is 3.61. The van der Waals surface area contributed by atoms with Crippen LogP contribution < -0.4 is 19.5 Å². The zero-order valence-electron chi connectivity index (χ0n) is 12.2. The van der Waals surface area contributed by atoms with Gasteiger partial charge >= 0.3 is 5.97 Å². The summed E-state index contributed by atoms with van der Waals surface area (Å²) < 4.78 is 21.2. The van der Waals surface area contributed by atoms with Crippen molar-refractivity contribution < 1.29 is 23.7 Å². The van der Waals surface area contributed by atoms with Gasteiger partial charge in [0.2, 0.25) is 6.79 Å². The molecule has 1 aliphatic heterocycles. The minimum atomic E-state index is -0.855. The van der Waals surface area contributed by atoms with Gasteiger partial charge in [0.15, 0.2) is 11.5 Å². The zero-order chi connectivity index (χ0) is 14.9. The number of methoxy groups -OCH3 is 1. The number of esters is 1. The van der Waals surface area contributed by atoms with Gasteiger partial charge in [0, 0.05) is 12.1 Å². The summed E-state index contributed by atoms with van der Waals surface area (Å²) in [5.74, 6) is 1.67. The van der Waals surface area contributed by atoms with Gasteiger partial charge in [-0.25, -0.2) is 4.79 Å². The molecule has 1 aromatic carbocycles. The van der Waals surface area contributed by atoms with E-state index in [0.29, 0.717) is 23.3 Å². The summed E-state index contributed by atoms with van der Waals surface area (Å²) in [6.45, 7) is 2.21. The van der Waals surface area contributed by atoms with Gasteiger partial charge < -0.3 is 18.9 Å². The van der Waals surface area contributed by atoms with Crippen molar-refractivity contribution in [2.75, 3.05) is 20.5 Å². The minimum absolute atomic E-state index is 0.190. The van der Waals surface area contributed by atoms with Crippen molar-refractivity contribution in [1.29, 1.82) is 0 Å². The third-order valence-corrected chi connectivity index (χ3v) is 3.61. The molecule has 1 saturated carbocycles. The SMILES string of the molecule is COC(=O)C(C)(COc1ccc2c(c1)OCO2)NC1CC1. The monoisotopic (exact) mass is 293 g/mol. The maximum atomic E-state index is 12.0. The van der Waals surface area contributed by atoms with Crippen molar-refractivity contribution >= 4 is 5.97 Å². The van der Waals surface area contributed by atoms with Crippen LogP contribution in [0.25, 0.3) is 0 Å². The average Bonchev–Trinajstić information content (AvgIpc) is 3.17. The van der Waals surface area contributed by atoms with Crippen LogP contribution in [-0.4, -0.2) is 38.1 Å². The first-order valence-electron chi connectivity index (χ1n) is 6.99. The van der Waals surface area contributed by atoms with E-state index in [1.165, 1.54) is 7.11 Å². The van der Waals surface area contributed by atoms with E-state index in [0.717, 1.165) is 12.8 Å². The molecule has 1 atom stereocenters. The molecule has 1 heterocycles. The Labute approximate surface area is 123 Å². The Morgan fingerprint density at radius 1 is 1.38 bits per heavy atom. The molecule has 1 fully saturated rings. The molecule has 6 nitrogen and oxygen atoms in total. The number of rotatable bonds is 6. The Morgan fingerprint density at radius 3 is 2.86 bits per heavy atom. The second kappa shape index (κ2) is 5.44. The van der Waals surface area contributed by atoms with Crippen LogP contribution in [0.2, 0.25) is 0 Å². The molecule has 1 N–H and O–H groups in total. The van der Waals surface area contributed by atoms with E-state index in [-0.39, 0.29) is 19.4 Å². The number of hydrogen-bond acceptors (Lipinski definition) is 6. The van der Waals surface area contributed by atoms with Gasteiger partial charge in [-0.3, -0.25) is 5.32 Å². The van der Waals surface area contributed by atoms with Gasteiger partial charge in [-0.15, -0.1) is 0 Å². The Bertz CT molecular complexity index is 543. The summed E-state index contributed by atoms with van der Waals surface area (Å²) in [5.41, 5.74) is -0.855. The topological polar surface area (TPSA) is 66.0 Å². The summed E-state index contributed by atoms with van der Waals surface area (Å²) in [6, 6.07) is 5.72. The number of nitrogens with one attached hydrogen (secondary N) is 1. The van der Waals surface area contributed by atoms with E-state index in [4.69, 9.17) is 18.9 Å². The maximum absolute atomic E-state index is 12.0. The highest BCUT2D eigenvalue weighted by Crippen LogP contribution is 2.35. The smallest absolute Gasteiger partial charge is 0.329 e. The fraction of sp³-hybridized carbons (Fsp3) is 0.533. The molecule has 0 bridgehead atoms. The van der Waals surface area contributed by atoms with Crippen LogP contribution in [0.1, 0.15) is 19.8 Å². The van der Waals surface area contributed by atoms with Gasteiger partial charge in [0.1, 0.15) is 17.9 Å². The molecule has 114 valence electrons. The molecular formula is C15H19NO5. The molecule has 1 aliphatic carbocycles. The van der Waals surface area contributed by atoms with Crippen molar-refractivity contribution in [2.45, 2.75) is 31.3 Å². The Kier molecular flexibility index (Phi) is 3.63. The van der Waals surface area contributed by atoms with E-state index in [1.807, 2.05) is 0 Å². The molecule has 0 spiro atoms. The van der Waals surface area contributed by atoms with Crippen molar-refractivity contribution in [3.63, 3.8) is 0 Å². The molecular weight excluding hydrogens is 274 g/mol. The lowest BCUT2D eigenvalue weighted by molar-refractivity contribution is -0.149. The summed E-state index contributed by atoms with van der Waals surface area (Å²) >= 11 is 0. The van der Waals surface area contributed by atoms with Crippen molar-refractivity contribution in [2.24, 2.45) is 0 Å². The molecule has 21 heavy (non-hydrogen) atoms. The largest absolute Gasteiger partial charge is 0.491 e. The molecule has 1 unspecified atom stereocenters. The van der Waals surface area contributed by atoms with E-state index in [2.05, 4.69) is 5.32 Å². The van der Waals surface area contributed by atoms with Crippen LogP contribution in [0.5, 0.6) is 17.2 Å². The highest BCUT2D eigenvalue weighted by Gasteiger charge is 2.40. The molecule has 0 saturated heterocycles. The Balaban J connectivity index is 1.67. The molecule has 3 rings (SSSR count). The first kappa shape index (κ1) is 14.0. The standard InChI is InChI=1S/C15H19NO5/c1-15(14(17)18-2,16-10-3-4-10)8-19-11-5-6-12-13(7-11)21-9-20-12/h5-7,10,16H,3-4,8-9H2,1-2H3. The number of hydrogen-bond donors (Lipinski definition) is 1. The summed E-state index contributed by atoms with van der Waals surface area (Å²) in [5, 5.41) is 3.29. The molecule has 0 amide bonds. The maximum Gasteiger partial charge on any atom is 0.329 e. The van der Waals surface area contributed by atoms with Gasteiger partial charge in [-0.05, 0) is 31.9 Å². The van der Waals surface area contributed by atoms with Crippen LogP contribution >= 0.6 is 0 Å². The van der Waals surface area contributed by atoms with Crippen molar-refractivity contribution in [1.82, 2.24) is 5.32 Å². The van der Waals surface area contributed by atoms with E-state index < -0.39 is 5.54 Å². The van der Waals surface area contributed by atoms with Gasteiger partial charge in [0.25, 0.3) is 0 Å². The van der Waals surface area contributed by atoms with Crippen LogP contribution in [0.4, 0.5) is 0 Å². The van der Waals surface area contributed by atoms with Crippen LogP contribution in [-0.2, 0) is 9.53 Å². The molecule has 2 aliphatic rings. The predicted molar refractivity (Wildman–Crippen MR) is 74.6 cm³/mol. The molecule has 0 aromatic heterocycles. The molecule has 1 aromatic rings. The number of ether oxygens (including phenoxy) is 4. The first-order valence-corrected chi connectivity index (χ1v) is 6.99. The molecule has 6 heteroatoms. The zero-order valence-corrected chi connectivity index (χ0v) is 12.2. The minimum Gasteiger partial charge on any atom is -0.491 e. The lowest BCUT2D eigenvalue weighted by Gasteiger charge is -2.28. The fourth-order valence-corrected chi connectivity index (χ4v) is 2.26. The second-order valence-electron chi connectivity index (χ2n) is 5.55. The fourth-order valence-electron chi connectivity index (χ4n) is 2.26. The molecule has 0 radical (unpaired) electrons. The number of carbonyl (C=O) groups excluding carboxylic acids is 1. The van der Waals surface area contributed by atoms with Crippen LogP contribution in [0, 0.1) is 0 Å². The van der Waals surface area contributed by atoms with E-state index in [9.17, 15) is 4.79 Å². The second-order valence-corrected chi connectivity index (χ2v) is 5.55. The number of carbonyl (C=O) groups is 1. The predicted octanol–water partition coefficient (Wildman–Crippen LogP) is 1.48. The van der Waals surface area contributed by atoms with Crippen molar-refractivity contribution in [3.05, 3.63) is 18.2 Å². The van der Waals surface area contributed by atoms with Gasteiger partial charge in [0.05, 0.1) is 7.11 Å². The summed E-state index contributed by atoms with van der Waals surface area (Å²) in [6.07, 6.45) is 2.16. The lowest BCUT2D eigenvalue weighted by Crippen LogP contribution is -2.55. The highest BCUT2D eigenvalue weighted by atomic mass is 16.7. The Morgan fingerprint density at radius 2 is 2.14 bits per heavy atom.